The van der Waals surface area contributed by atoms with Gasteiger partial charge >= 0.3 is 6.03 Å². The summed E-state index contributed by atoms with van der Waals surface area (Å²) in [6.45, 7) is 0.827. The average Bonchev–Trinajstić information content (AvgIpc) is 2.76. The minimum atomic E-state index is -0.340. The summed E-state index contributed by atoms with van der Waals surface area (Å²) in [5.41, 5.74) is 4.46. The molecule has 0 unspecified atom stereocenters. The van der Waals surface area contributed by atoms with E-state index in [4.69, 9.17) is 0 Å². The Balaban J connectivity index is 1.42. The highest BCUT2D eigenvalue weighted by molar-refractivity contribution is 5.97. The van der Waals surface area contributed by atoms with Gasteiger partial charge in [0.1, 0.15) is 5.82 Å². The summed E-state index contributed by atoms with van der Waals surface area (Å²) in [5.74, 6) is -0.207. The summed E-state index contributed by atoms with van der Waals surface area (Å²) < 4.78 is 13.0. The van der Waals surface area contributed by atoms with Gasteiger partial charge < -0.3 is 15.5 Å². The minimum Gasteiger partial charge on any atom is -0.334 e. The monoisotopic (exact) mass is 403 g/mol. The van der Waals surface area contributed by atoms with Crippen molar-refractivity contribution in [1.82, 2.24) is 5.32 Å². The highest BCUT2D eigenvalue weighted by atomic mass is 19.1. The van der Waals surface area contributed by atoms with E-state index in [2.05, 4.69) is 10.6 Å². The number of amides is 3. The number of hydrogen-bond acceptors (Lipinski definition) is 2. The van der Waals surface area contributed by atoms with Crippen molar-refractivity contribution in [3.8, 4) is 0 Å². The molecule has 0 saturated carbocycles. The molecule has 152 valence electrons. The van der Waals surface area contributed by atoms with Gasteiger partial charge in [-0.05, 0) is 53.4 Å². The lowest BCUT2D eigenvalue weighted by atomic mass is 9.99. The third-order valence-corrected chi connectivity index (χ3v) is 5.09. The van der Waals surface area contributed by atoms with Crippen LogP contribution in [0.15, 0.2) is 72.8 Å². The van der Waals surface area contributed by atoms with Gasteiger partial charge in [0.05, 0.1) is 6.54 Å². The van der Waals surface area contributed by atoms with Crippen molar-refractivity contribution in [2.24, 2.45) is 0 Å². The molecule has 3 amide bonds. The van der Waals surface area contributed by atoms with Gasteiger partial charge in [-0.2, -0.15) is 0 Å². The van der Waals surface area contributed by atoms with Gasteiger partial charge in [0.15, 0.2) is 0 Å². The molecule has 0 bridgehead atoms. The first-order valence-corrected chi connectivity index (χ1v) is 9.85. The number of carbonyl (C=O) groups is 2. The lowest BCUT2D eigenvalue weighted by Crippen LogP contribution is -2.34. The highest BCUT2D eigenvalue weighted by Gasteiger charge is 2.24. The molecule has 0 saturated heterocycles. The van der Waals surface area contributed by atoms with Crippen LogP contribution < -0.4 is 15.5 Å². The lowest BCUT2D eigenvalue weighted by molar-refractivity contribution is -0.119. The maximum atomic E-state index is 13.0. The molecule has 30 heavy (non-hydrogen) atoms. The molecule has 0 radical (unpaired) electrons. The van der Waals surface area contributed by atoms with Crippen LogP contribution in [0.2, 0.25) is 0 Å². The predicted molar refractivity (Wildman–Crippen MR) is 115 cm³/mol. The molecular formula is C24H22FN3O2. The molecule has 0 aliphatic carbocycles. The van der Waals surface area contributed by atoms with E-state index in [1.54, 1.807) is 23.1 Å². The molecule has 2 N–H and O–H groups in total. The second-order valence-electron chi connectivity index (χ2n) is 7.24. The first kappa shape index (κ1) is 19.6. The van der Waals surface area contributed by atoms with Gasteiger partial charge in [0.2, 0.25) is 5.91 Å². The fourth-order valence-electron chi connectivity index (χ4n) is 3.54. The van der Waals surface area contributed by atoms with Crippen molar-refractivity contribution < 1.29 is 14.0 Å². The summed E-state index contributed by atoms with van der Waals surface area (Å²) >= 11 is 0. The largest absolute Gasteiger partial charge is 0.334 e. The van der Waals surface area contributed by atoms with Gasteiger partial charge in [0, 0.05) is 24.3 Å². The van der Waals surface area contributed by atoms with Crippen LogP contribution in [0.1, 0.15) is 23.1 Å². The minimum absolute atomic E-state index is 0.101. The molecule has 1 aliphatic rings. The number of hydrogen-bond donors (Lipinski definition) is 2. The zero-order valence-electron chi connectivity index (χ0n) is 16.4. The number of fused-ring (bicyclic) bond motifs is 1. The number of rotatable bonds is 5. The number of halogens is 1. The molecule has 1 aliphatic heterocycles. The Bertz CT molecular complexity index is 1050. The normalized spacial score (nSPS) is 13.0. The number of urea groups is 1. The van der Waals surface area contributed by atoms with E-state index in [1.165, 1.54) is 12.1 Å². The fraction of sp³-hybridized carbons (Fsp3) is 0.167. The van der Waals surface area contributed by atoms with Crippen LogP contribution in [0.4, 0.5) is 20.6 Å². The van der Waals surface area contributed by atoms with Gasteiger partial charge in [-0.15, -0.1) is 0 Å². The maximum Gasteiger partial charge on any atom is 0.319 e. The van der Waals surface area contributed by atoms with Crippen molar-refractivity contribution in [2.45, 2.75) is 25.9 Å². The zero-order chi connectivity index (χ0) is 20.9. The molecule has 5 nitrogen and oxygen atoms in total. The van der Waals surface area contributed by atoms with Gasteiger partial charge in [-0.1, -0.05) is 42.5 Å². The van der Waals surface area contributed by atoms with Crippen LogP contribution in [-0.2, 0) is 24.3 Å². The first-order valence-electron chi connectivity index (χ1n) is 9.85. The van der Waals surface area contributed by atoms with Crippen molar-refractivity contribution >= 4 is 23.3 Å². The Morgan fingerprint density at radius 2 is 1.70 bits per heavy atom. The molecule has 1 heterocycles. The van der Waals surface area contributed by atoms with Crippen molar-refractivity contribution in [2.75, 3.05) is 10.2 Å². The lowest BCUT2D eigenvalue weighted by Gasteiger charge is -2.30. The number of carbonyl (C=O) groups excluding carboxylic acids is 2. The van der Waals surface area contributed by atoms with Gasteiger partial charge in [-0.25, -0.2) is 9.18 Å². The van der Waals surface area contributed by atoms with E-state index in [9.17, 15) is 14.0 Å². The maximum absolute atomic E-state index is 13.0. The molecule has 0 fully saturated rings. The van der Waals surface area contributed by atoms with Gasteiger partial charge in [0.25, 0.3) is 0 Å². The van der Waals surface area contributed by atoms with Crippen LogP contribution in [0.5, 0.6) is 0 Å². The molecule has 3 aromatic carbocycles. The van der Waals surface area contributed by atoms with Crippen LogP contribution in [0, 0.1) is 5.82 Å². The topological polar surface area (TPSA) is 61.4 Å². The molecule has 4 rings (SSSR count). The number of aryl methyl sites for hydroxylation is 1. The van der Waals surface area contributed by atoms with E-state index in [0.29, 0.717) is 31.6 Å². The van der Waals surface area contributed by atoms with Crippen molar-refractivity contribution in [3.05, 3.63) is 95.3 Å². The van der Waals surface area contributed by atoms with Crippen LogP contribution in [-0.4, -0.2) is 11.9 Å². The molecular weight excluding hydrogens is 381 g/mol. The second-order valence-corrected chi connectivity index (χ2v) is 7.24. The molecule has 0 atom stereocenters. The van der Waals surface area contributed by atoms with Crippen molar-refractivity contribution in [3.63, 3.8) is 0 Å². The average molecular weight is 403 g/mol. The van der Waals surface area contributed by atoms with Gasteiger partial charge in [-0.3, -0.25) is 4.79 Å². The smallest absolute Gasteiger partial charge is 0.319 e. The molecule has 0 aromatic heterocycles. The zero-order valence-corrected chi connectivity index (χ0v) is 16.4. The fourth-order valence-corrected chi connectivity index (χ4v) is 3.54. The quantitative estimate of drug-likeness (QED) is 0.653. The number of nitrogens with zero attached hydrogens (tertiary/aromatic N) is 1. The summed E-state index contributed by atoms with van der Waals surface area (Å²) in [7, 11) is 0. The molecule has 3 aromatic rings. The Kier molecular flexibility index (Phi) is 5.75. The number of nitrogens with one attached hydrogen (secondary N) is 2. The van der Waals surface area contributed by atoms with Crippen LogP contribution in [0.3, 0.4) is 0 Å². The predicted octanol–water partition coefficient (Wildman–Crippen LogP) is 4.63. The first-order chi connectivity index (χ1) is 14.6. The van der Waals surface area contributed by atoms with E-state index < -0.39 is 0 Å². The van der Waals surface area contributed by atoms with E-state index >= 15 is 0 Å². The molecule has 0 spiro atoms. The molecule has 6 heteroatoms. The summed E-state index contributed by atoms with van der Waals surface area (Å²) in [5, 5.41) is 5.58. The Labute approximate surface area is 174 Å². The highest BCUT2D eigenvalue weighted by Crippen LogP contribution is 2.31. The summed E-state index contributed by atoms with van der Waals surface area (Å²) in [6, 6.07) is 21.1. The Hall–Kier alpha value is -3.67. The van der Waals surface area contributed by atoms with Crippen LogP contribution >= 0.6 is 0 Å². The Morgan fingerprint density at radius 1 is 0.933 bits per heavy atom. The van der Waals surface area contributed by atoms with Crippen LogP contribution in [0.25, 0.3) is 0 Å². The number of benzene rings is 3. The number of anilines is 2. The van der Waals surface area contributed by atoms with E-state index in [-0.39, 0.29) is 17.8 Å². The summed E-state index contributed by atoms with van der Waals surface area (Å²) in [4.78, 5) is 26.5. The Morgan fingerprint density at radius 3 is 2.47 bits per heavy atom. The SMILES string of the molecule is O=C(NCc1ccc(F)cc1)Nc1ccc2c(c1)CCC(=O)N2Cc1ccccc1. The standard InChI is InChI=1S/C24H22FN3O2/c25-20-9-6-17(7-10-20)15-26-24(30)27-21-11-12-22-19(14-21)8-13-23(29)28(22)16-18-4-2-1-3-5-18/h1-7,9-12,14H,8,13,15-16H2,(H2,26,27,30). The van der Waals surface area contributed by atoms with E-state index in [1.807, 2.05) is 42.5 Å². The third kappa shape index (κ3) is 4.66. The summed E-state index contributed by atoms with van der Waals surface area (Å²) in [6.07, 6.45) is 1.09. The third-order valence-electron chi connectivity index (χ3n) is 5.09. The van der Waals surface area contributed by atoms with E-state index in [0.717, 1.165) is 22.4 Å². The second kappa shape index (κ2) is 8.78. The van der Waals surface area contributed by atoms with Crippen molar-refractivity contribution in [1.29, 1.82) is 0 Å².